The Labute approximate surface area is 157 Å². The first-order chi connectivity index (χ1) is 12.4. The van der Waals surface area contributed by atoms with E-state index >= 15 is 0 Å². The fourth-order valence-corrected chi connectivity index (χ4v) is 2.45. The summed E-state index contributed by atoms with van der Waals surface area (Å²) in [6.45, 7) is 7.98. The van der Waals surface area contributed by atoms with E-state index in [1.807, 2.05) is 27.7 Å². The van der Waals surface area contributed by atoms with Crippen molar-refractivity contribution >= 4 is 17.9 Å². The molecule has 0 spiro atoms. The second kappa shape index (κ2) is 15.6. The average molecular weight is 373 g/mol. The van der Waals surface area contributed by atoms with Gasteiger partial charge in [0, 0.05) is 19.3 Å². The number of ether oxygens (including phenoxy) is 3. The first kappa shape index (κ1) is 24.4. The zero-order valence-corrected chi connectivity index (χ0v) is 16.9. The van der Waals surface area contributed by atoms with E-state index in [1.165, 1.54) is 0 Å². The molecular formula is C20H36O6. The molecule has 0 bridgehead atoms. The number of carbonyl (C=O) groups excluding carboxylic acids is 3. The van der Waals surface area contributed by atoms with Crippen LogP contribution in [0.1, 0.15) is 91.9 Å². The van der Waals surface area contributed by atoms with Gasteiger partial charge in [0.25, 0.3) is 0 Å². The van der Waals surface area contributed by atoms with Crippen molar-refractivity contribution in [2.45, 2.75) is 104 Å². The van der Waals surface area contributed by atoms with Crippen LogP contribution in [0.25, 0.3) is 0 Å². The maximum absolute atomic E-state index is 11.8. The smallest absolute Gasteiger partial charge is 0.306 e. The standard InChI is InChI=1S/C20H36O6/c1-5-9-18(21)24-15-8-12-17(26-20(23)11-7-3)14-13-16(4)25-19(22)10-6-2/h16-17H,5-15H2,1-4H3/t16-,17+/m1/s1. The Kier molecular flexibility index (Phi) is 14.7. The molecule has 2 atom stereocenters. The van der Waals surface area contributed by atoms with Crippen molar-refractivity contribution in [3.63, 3.8) is 0 Å². The Morgan fingerprint density at radius 2 is 1.27 bits per heavy atom. The summed E-state index contributed by atoms with van der Waals surface area (Å²) >= 11 is 0. The Balaban J connectivity index is 4.30. The molecule has 0 unspecified atom stereocenters. The lowest BCUT2D eigenvalue weighted by Crippen LogP contribution is -2.22. The molecule has 0 aromatic carbocycles. The molecule has 0 saturated heterocycles. The van der Waals surface area contributed by atoms with E-state index in [2.05, 4.69) is 0 Å². The van der Waals surface area contributed by atoms with Gasteiger partial charge in [0.2, 0.25) is 0 Å². The van der Waals surface area contributed by atoms with Crippen molar-refractivity contribution in [1.82, 2.24) is 0 Å². The molecule has 152 valence electrons. The van der Waals surface area contributed by atoms with Gasteiger partial charge in [-0.3, -0.25) is 14.4 Å². The highest BCUT2D eigenvalue weighted by Crippen LogP contribution is 2.15. The third kappa shape index (κ3) is 13.7. The van der Waals surface area contributed by atoms with E-state index in [0.29, 0.717) is 51.6 Å². The van der Waals surface area contributed by atoms with Crippen LogP contribution in [0.5, 0.6) is 0 Å². The molecule has 26 heavy (non-hydrogen) atoms. The van der Waals surface area contributed by atoms with Crippen molar-refractivity contribution in [3.05, 3.63) is 0 Å². The molecule has 0 radical (unpaired) electrons. The monoisotopic (exact) mass is 372 g/mol. The molecule has 0 N–H and O–H groups in total. The topological polar surface area (TPSA) is 78.9 Å². The van der Waals surface area contributed by atoms with Crippen LogP contribution < -0.4 is 0 Å². The summed E-state index contributed by atoms with van der Waals surface area (Å²) in [5, 5.41) is 0. The van der Waals surface area contributed by atoms with Gasteiger partial charge in [-0.2, -0.15) is 0 Å². The van der Waals surface area contributed by atoms with Gasteiger partial charge in [-0.15, -0.1) is 0 Å². The highest BCUT2D eigenvalue weighted by Gasteiger charge is 2.17. The third-order valence-corrected chi connectivity index (χ3v) is 3.82. The molecule has 0 aromatic heterocycles. The van der Waals surface area contributed by atoms with Crippen LogP contribution in [-0.2, 0) is 28.6 Å². The highest BCUT2D eigenvalue weighted by atomic mass is 16.6. The number of carbonyl (C=O) groups is 3. The number of hydrogen-bond donors (Lipinski definition) is 0. The van der Waals surface area contributed by atoms with E-state index in [-0.39, 0.29) is 30.1 Å². The van der Waals surface area contributed by atoms with Crippen LogP contribution in [0, 0.1) is 0 Å². The quantitative estimate of drug-likeness (QED) is 0.242. The number of esters is 3. The van der Waals surface area contributed by atoms with Gasteiger partial charge in [0.15, 0.2) is 0 Å². The molecule has 0 aliphatic heterocycles. The fourth-order valence-electron chi connectivity index (χ4n) is 2.45. The Hall–Kier alpha value is -1.59. The van der Waals surface area contributed by atoms with E-state index in [0.717, 1.165) is 19.3 Å². The highest BCUT2D eigenvalue weighted by molar-refractivity contribution is 5.70. The van der Waals surface area contributed by atoms with Gasteiger partial charge >= 0.3 is 17.9 Å². The van der Waals surface area contributed by atoms with Crippen LogP contribution in [0.3, 0.4) is 0 Å². The van der Waals surface area contributed by atoms with Crippen LogP contribution in [0.2, 0.25) is 0 Å². The van der Waals surface area contributed by atoms with Gasteiger partial charge in [0.05, 0.1) is 12.7 Å². The molecule has 0 aromatic rings. The molecule has 0 rings (SSSR count). The van der Waals surface area contributed by atoms with Crippen LogP contribution >= 0.6 is 0 Å². The zero-order chi connectivity index (χ0) is 19.8. The fraction of sp³-hybridized carbons (Fsp3) is 0.850. The third-order valence-electron chi connectivity index (χ3n) is 3.82. The molecule has 0 saturated carbocycles. The summed E-state index contributed by atoms with van der Waals surface area (Å²) in [6, 6.07) is 0. The Morgan fingerprint density at radius 3 is 1.85 bits per heavy atom. The summed E-state index contributed by atoms with van der Waals surface area (Å²) < 4.78 is 16.0. The second-order valence-corrected chi connectivity index (χ2v) is 6.60. The first-order valence-electron chi connectivity index (χ1n) is 9.97. The van der Waals surface area contributed by atoms with E-state index in [4.69, 9.17) is 14.2 Å². The molecule has 0 fully saturated rings. The van der Waals surface area contributed by atoms with Crippen molar-refractivity contribution in [3.8, 4) is 0 Å². The maximum atomic E-state index is 11.8. The predicted molar refractivity (Wildman–Crippen MR) is 99.6 cm³/mol. The van der Waals surface area contributed by atoms with Crippen molar-refractivity contribution in [2.24, 2.45) is 0 Å². The van der Waals surface area contributed by atoms with Gasteiger partial charge in [-0.1, -0.05) is 20.8 Å². The van der Waals surface area contributed by atoms with Crippen LogP contribution in [0.15, 0.2) is 0 Å². The molecule has 0 amide bonds. The summed E-state index contributed by atoms with van der Waals surface area (Å²) in [4.78, 5) is 34.7. The lowest BCUT2D eigenvalue weighted by atomic mass is 10.1. The number of rotatable bonds is 15. The molecule has 6 heteroatoms. The lowest BCUT2D eigenvalue weighted by molar-refractivity contribution is -0.153. The minimum Gasteiger partial charge on any atom is -0.466 e. The van der Waals surface area contributed by atoms with Gasteiger partial charge < -0.3 is 14.2 Å². The van der Waals surface area contributed by atoms with E-state index in [1.54, 1.807) is 0 Å². The minimum absolute atomic E-state index is 0.191. The van der Waals surface area contributed by atoms with Crippen LogP contribution in [0.4, 0.5) is 0 Å². The maximum Gasteiger partial charge on any atom is 0.306 e. The average Bonchev–Trinajstić information content (AvgIpc) is 2.57. The minimum atomic E-state index is -0.244. The summed E-state index contributed by atoms with van der Waals surface area (Å²) in [6.07, 6.45) is 5.59. The molecule has 6 nitrogen and oxygen atoms in total. The van der Waals surface area contributed by atoms with E-state index in [9.17, 15) is 14.4 Å². The van der Waals surface area contributed by atoms with Crippen LogP contribution in [-0.4, -0.2) is 36.7 Å². The molecule has 0 heterocycles. The van der Waals surface area contributed by atoms with Crippen molar-refractivity contribution < 1.29 is 28.6 Å². The SMILES string of the molecule is CCCC(=O)OCCC[C@@H](CC[C@@H](C)OC(=O)CCC)OC(=O)CCC. The lowest BCUT2D eigenvalue weighted by Gasteiger charge is -2.20. The molecular weight excluding hydrogens is 336 g/mol. The Bertz CT molecular complexity index is 407. The predicted octanol–water partition coefficient (Wildman–Crippen LogP) is 4.33. The molecule has 0 aliphatic carbocycles. The van der Waals surface area contributed by atoms with Crippen molar-refractivity contribution in [1.29, 1.82) is 0 Å². The van der Waals surface area contributed by atoms with Crippen molar-refractivity contribution in [2.75, 3.05) is 6.61 Å². The largest absolute Gasteiger partial charge is 0.466 e. The van der Waals surface area contributed by atoms with E-state index < -0.39 is 0 Å². The van der Waals surface area contributed by atoms with Gasteiger partial charge in [-0.25, -0.2) is 0 Å². The summed E-state index contributed by atoms with van der Waals surface area (Å²) in [5.41, 5.74) is 0. The normalized spacial score (nSPS) is 12.9. The Morgan fingerprint density at radius 1 is 0.731 bits per heavy atom. The van der Waals surface area contributed by atoms with Gasteiger partial charge in [-0.05, 0) is 51.9 Å². The first-order valence-corrected chi connectivity index (χ1v) is 9.97. The number of hydrogen-bond acceptors (Lipinski definition) is 6. The molecule has 0 aliphatic rings. The summed E-state index contributed by atoms with van der Waals surface area (Å²) in [7, 11) is 0. The zero-order valence-electron chi connectivity index (χ0n) is 16.9. The van der Waals surface area contributed by atoms with Gasteiger partial charge in [0.1, 0.15) is 6.10 Å². The second-order valence-electron chi connectivity index (χ2n) is 6.60. The summed E-state index contributed by atoms with van der Waals surface area (Å²) in [5.74, 6) is -0.595.